The summed E-state index contributed by atoms with van der Waals surface area (Å²) in [5.74, 6) is 0.774. The lowest BCUT2D eigenvalue weighted by Gasteiger charge is -2.08. The first-order chi connectivity index (χ1) is 16.1. The number of benzene rings is 2. The van der Waals surface area contributed by atoms with Crippen molar-refractivity contribution in [3.63, 3.8) is 0 Å². The van der Waals surface area contributed by atoms with E-state index < -0.39 is 5.91 Å². The van der Waals surface area contributed by atoms with Gasteiger partial charge in [0.25, 0.3) is 5.91 Å². The Hall–Kier alpha value is -4.74. The predicted octanol–water partition coefficient (Wildman–Crippen LogP) is 2.07. The first kappa shape index (κ1) is 21.5. The summed E-state index contributed by atoms with van der Waals surface area (Å²) in [5, 5.41) is 19.4. The Balaban J connectivity index is 1.68. The van der Waals surface area contributed by atoms with Gasteiger partial charge in [-0.25, -0.2) is 10.1 Å². The number of anilines is 1. The Bertz CT molecular complexity index is 1300. The van der Waals surface area contributed by atoms with Crippen LogP contribution in [0.3, 0.4) is 0 Å². The van der Waals surface area contributed by atoms with Crippen molar-refractivity contribution < 1.29 is 18.9 Å². The zero-order valence-electron chi connectivity index (χ0n) is 17.8. The van der Waals surface area contributed by atoms with Gasteiger partial charge in [0.2, 0.25) is 11.6 Å². The number of hydrogen-bond donors (Lipinski definition) is 2. The number of amides is 1. The van der Waals surface area contributed by atoms with E-state index in [1.54, 1.807) is 43.5 Å². The molecule has 168 valence electrons. The van der Waals surface area contributed by atoms with Gasteiger partial charge in [0.1, 0.15) is 17.2 Å². The van der Waals surface area contributed by atoms with Crippen LogP contribution in [-0.4, -0.2) is 51.1 Å². The molecule has 3 N–H and O–H groups in total. The third-order valence-electron chi connectivity index (χ3n) is 4.47. The van der Waals surface area contributed by atoms with Gasteiger partial charge in [-0.2, -0.15) is 9.78 Å². The first-order valence-electron chi connectivity index (χ1n) is 9.85. The maximum absolute atomic E-state index is 12.9. The van der Waals surface area contributed by atoms with E-state index in [4.69, 9.17) is 15.2 Å². The standard InChI is InChI=1S/C21H20N8O4/c1-3-32-16-9-5-7-14(11-16)18-17(24-28-29(18)20-19(22)26-33-27-20)21(30)25-23-12-13-6-4-8-15(10-13)31-2/h4-12H,3H2,1-2H3,(H2,22,26)(H,25,30)/b23-12+. The summed E-state index contributed by atoms with van der Waals surface area (Å²) in [5.41, 5.74) is 9.94. The lowest BCUT2D eigenvalue weighted by atomic mass is 10.1. The molecule has 4 rings (SSSR count). The van der Waals surface area contributed by atoms with Crippen LogP contribution in [0, 0.1) is 0 Å². The minimum atomic E-state index is -0.591. The second kappa shape index (κ2) is 9.60. The molecule has 0 spiro atoms. The van der Waals surface area contributed by atoms with Crippen LogP contribution in [0.5, 0.6) is 11.5 Å². The van der Waals surface area contributed by atoms with Crippen LogP contribution in [0.15, 0.2) is 58.3 Å². The van der Waals surface area contributed by atoms with Crippen molar-refractivity contribution in [2.75, 3.05) is 19.5 Å². The SMILES string of the molecule is CCOc1cccc(-c2c(C(=O)N/N=C/c3cccc(OC)c3)nnn2-c2nonc2N)c1. The van der Waals surface area contributed by atoms with Gasteiger partial charge in [0.05, 0.1) is 19.9 Å². The maximum Gasteiger partial charge on any atom is 0.294 e. The number of carbonyl (C=O) groups excluding carboxylic acids is 1. The molecule has 0 aliphatic heterocycles. The van der Waals surface area contributed by atoms with Gasteiger partial charge in [0, 0.05) is 5.56 Å². The quantitative estimate of drug-likeness (QED) is 0.304. The summed E-state index contributed by atoms with van der Waals surface area (Å²) >= 11 is 0. The van der Waals surface area contributed by atoms with Gasteiger partial charge in [0.15, 0.2) is 5.69 Å². The lowest BCUT2D eigenvalue weighted by Crippen LogP contribution is -2.19. The summed E-state index contributed by atoms with van der Waals surface area (Å²) in [6.45, 7) is 2.35. The molecular formula is C21H20N8O4. The number of hydrogen-bond acceptors (Lipinski definition) is 10. The van der Waals surface area contributed by atoms with Crippen LogP contribution < -0.4 is 20.6 Å². The van der Waals surface area contributed by atoms with Gasteiger partial charge in [-0.3, -0.25) is 4.79 Å². The zero-order valence-corrected chi connectivity index (χ0v) is 17.8. The number of rotatable bonds is 8. The van der Waals surface area contributed by atoms with Crippen LogP contribution in [-0.2, 0) is 0 Å². The number of carbonyl (C=O) groups is 1. The van der Waals surface area contributed by atoms with Crippen LogP contribution >= 0.6 is 0 Å². The molecule has 33 heavy (non-hydrogen) atoms. The number of nitrogens with one attached hydrogen (secondary N) is 1. The highest BCUT2D eigenvalue weighted by atomic mass is 16.6. The number of nitrogen functional groups attached to an aromatic ring is 1. The zero-order chi connectivity index (χ0) is 23.2. The fourth-order valence-electron chi connectivity index (χ4n) is 3.02. The van der Waals surface area contributed by atoms with Crippen molar-refractivity contribution in [3.8, 4) is 28.6 Å². The average molecular weight is 448 g/mol. The second-order valence-electron chi connectivity index (χ2n) is 6.61. The van der Waals surface area contributed by atoms with E-state index in [1.807, 2.05) is 19.1 Å². The van der Waals surface area contributed by atoms with E-state index in [-0.39, 0.29) is 17.3 Å². The van der Waals surface area contributed by atoms with Crippen molar-refractivity contribution >= 4 is 17.9 Å². The van der Waals surface area contributed by atoms with E-state index in [2.05, 4.69) is 35.8 Å². The topological polar surface area (TPSA) is 156 Å². The second-order valence-corrected chi connectivity index (χ2v) is 6.61. The molecule has 0 radical (unpaired) electrons. The van der Waals surface area contributed by atoms with Crippen LogP contribution in [0.2, 0.25) is 0 Å². The summed E-state index contributed by atoms with van der Waals surface area (Å²) in [6.07, 6.45) is 1.49. The van der Waals surface area contributed by atoms with Gasteiger partial charge >= 0.3 is 0 Å². The fourth-order valence-corrected chi connectivity index (χ4v) is 3.02. The molecular weight excluding hydrogens is 428 g/mol. The molecule has 0 atom stereocenters. The minimum absolute atomic E-state index is 0.00570. The summed E-state index contributed by atoms with van der Waals surface area (Å²) in [4.78, 5) is 12.9. The van der Waals surface area contributed by atoms with Crippen molar-refractivity contribution in [3.05, 3.63) is 59.8 Å². The molecule has 0 fully saturated rings. The molecule has 2 aromatic heterocycles. The number of nitrogens with zero attached hydrogens (tertiary/aromatic N) is 6. The molecule has 4 aromatic rings. The highest BCUT2D eigenvalue weighted by Crippen LogP contribution is 2.29. The predicted molar refractivity (Wildman–Crippen MR) is 118 cm³/mol. The molecule has 0 saturated carbocycles. The van der Waals surface area contributed by atoms with Crippen molar-refractivity contribution in [1.29, 1.82) is 0 Å². The smallest absolute Gasteiger partial charge is 0.294 e. The molecule has 0 saturated heterocycles. The Kier molecular flexibility index (Phi) is 6.25. The van der Waals surface area contributed by atoms with Gasteiger partial charge in [-0.15, -0.1) is 5.10 Å². The van der Waals surface area contributed by atoms with Crippen LogP contribution in [0.1, 0.15) is 23.0 Å². The summed E-state index contributed by atoms with van der Waals surface area (Å²) in [6, 6.07) is 14.3. The number of nitrogens with two attached hydrogens (primary N) is 1. The molecule has 12 nitrogen and oxygen atoms in total. The molecule has 1 amide bonds. The van der Waals surface area contributed by atoms with Gasteiger partial charge < -0.3 is 15.2 Å². The fraction of sp³-hybridized carbons (Fsp3) is 0.143. The van der Waals surface area contributed by atoms with E-state index in [1.165, 1.54) is 10.9 Å². The van der Waals surface area contributed by atoms with Gasteiger partial charge in [-0.1, -0.05) is 29.5 Å². The average Bonchev–Trinajstić information content (AvgIpc) is 3.45. The lowest BCUT2D eigenvalue weighted by molar-refractivity contribution is 0.0950. The van der Waals surface area contributed by atoms with E-state index in [0.29, 0.717) is 29.4 Å². The number of hydrazone groups is 1. The monoisotopic (exact) mass is 448 g/mol. The Morgan fingerprint density at radius 1 is 1.21 bits per heavy atom. The molecule has 2 aromatic carbocycles. The Morgan fingerprint density at radius 3 is 2.79 bits per heavy atom. The third kappa shape index (κ3) is 4.63. The molecule has 12 heteroatoms. The Morgan fingerprint density at radius 2 is 2.03 bits per heavy atom. The molecule has 0 bridgehead atoms. The number of methoxy groups -OCH3 is 1. The molecule has 0 aliphatic rings. The minimum Gasteiger partial charge on any atom is -0.497 e. The van der Waals surface area contributed by atoms with Crippen LogP contribution in [0.4, 0.5) is 5.82 Å². The normalized spacial score (nSPS) is 11.0. The number of aromatic nitrogens is 5. The molecule has 0 unspecified atom stereocenters. The molecule has 0 aliphatic carbocycles. The van der Waals surface area contributed by atoms with E-state index in [9.17, 15) is 4.79 Å². The van der Waals surface area contributed by atoms with E-state index >= 15 is 0 Å². The summed E-state index contributed by atoms with van der Waals surface area (Å²) < 4.78 is 16.7. The highest BCUT2D eigenvalue weighted by molar-refractivity contribution is 5.99. The van der Waals surface area contributed by atoms with Crippen molar-refractivity contribution in [1.82, 2.24) is 30.7 Å². The van der Waals surface area contributed by atoms with Gasteiger partial charge in [-0.05, 0) is 47.1 Å². The maximum atomic E-state index is 12.9. The Labute approximate surface area is 188 Å². The molecule has 2 heterocycles. The first-order valence-corrected chi connectivity index (χ1v) is 9.85. The van der Waals surface area contributed by atoms with Crippen molar-refractivity contribution in [2.45, 2.75) is 6.92 Å². The number of ether oxygens (including phenoxy) is 2. The highest BCUT2D eigenvalue weighted by Gasteiger charge is 2.25. The summed E-state index contributed by atoms with van der Waals surface area (Å²) in [7, 11) is 1.57. The third-order valence-corrected chi connectivity index (χ3v) is 4.47. The van der Waals surface area contributed by atoms with Crippen molar-refractivity contribution in [2.24, 2.45) is 5.10 Å². The largest absolute Gasteiger partial charge is 0.497 e. The van der Waals surface area contributed by atoms with Crippen LogP contribution in [0.25, 0.3) is 17.1 Å². The van der Waals surface area contributed by atoms with E-state index in [0.717, 1.165) is 5.56 Å².